The Labute approximate surface area is 137 Å². The van der Waals surface area contributed by atoms with Crippen LogP contribution in [0.5, 0.6) is 11.5 Å². The summed E-state index contributed by atoms with van der Waals surface area (Å²) < 4.78 is 15.7. The molecule has 1 amide bonds. The second-order valence-electron chi connectivity index (χ2n) is 5.73. The molecule has 2 rings (SSSR count). The summed E-state index contributed by atoms with van der Waals surface area (Å²) in [6.45, 7) is 6.00. The Kier molecular flexibility index (Phi) is 6.24. The van der Waals surface area contributed by atoms with Crippen LogP contribution in [0.2, 0.25) is 0 Å². The van der Waals surface area contributed by atoms with Crippen LogP contribution in [-0.2, 0) is 4.74 Å². The normalized spacial score (nSPS) is 17.0. The molecule has 0 saturated carbocycles. The molecular weight excluding hydrogens is 296 g/mol. The van der Waals surface area contributed by atoms with Crippen LogP contribution in [0.15, 0.2) is 18.2 Å². The first-order valence-electron chi connectivity index (χ1n) is 7.84. The van der Waals surface area contributed by atoms with Gasteiger partial charge in [-0.2, -0.15) is 0 Å². The molecule has 6 nitrogen and oxygen atoms in total. The molecule has 1 atom stereocenters. The second-order valence-corrected chi connectivity index (χ2v) is 5.73. The van der Waals surface area contributed by atoms with Crippen LogP contribution in [0.4, 0.5) is 0 Å². The van der Waals surface area contributed by atoms with E-state index in [0.29, 0.717) is 42.8 Å². The number of nitrogens with zero attached hydrogens (tertiary/aromatic N) is 2. The largest absolute Gasteiger partial charge is 0.497 e. The Morgan fingerprint density at radius 2 is 1.61 bits per heavy atom. The summed E-state index contributed by atoms with van der Waals surface area (Å²) in [6, 6.07) is 5.64. The van der Waals surface area contributed by atoms with Gasteiger partial charge >= 0.3 is 0 Å². The zero-order valence-corrected chi connectivity index (χ0v) is 14.4. The van der Waals surface area contributed by atoms with Gasteiger partial charge in [0.1, 0.15) is 11.5 Å². The van der Waals surface area contributed by atoms with E-state index in [1.807, 2.05) is 4.90 Å². The quantitative estimate of drug-likeness (QED) is 0.794. The zero-order chi connectivity index (χ0) is 16.8. The van der Waals surface area contributed by atoms with Gasteiger partial charge in [-0.1, -0.05) is 0 Å². The topological polar surface area (TPSA) is 51.2 Å². The third-order valence-electron chi connectivity index (χ3n) is 4.23. The van der Waals surface area contributed by atoms with Gasteiger partial charge in [0.15, 0.2) is 0 Å². The molecule has 23 heavy (non-hydrogen) atoms. The van der Waals surface area contributed by atoms with Gasteiger partial charge in [-0.15, -0.1) is 0 Å². The van der Waals surface area contributed by atoms with Gasteiger partial charge in [0.2, 0.25) is 0 Å². The van der Waals surface area contributed by atoms with Crippen molar-refractivity contribution >= 4 is 5.91 Å². The van der Waals surface area contributed by atoms with E-state index in [1.54, 1.807) is 39.5 Å². The van der Waals surface area contributed by atoms with Crippen LogP contribution in [0.25, 0.3) is 0 Å². The fraction of sp³-hybridized carbons (Fsp3) is 0.588. The molecule has 128 valence electrons. The number of hydrogen-bond donors (Lipinski definition) is 0. The highest BCUT2D eigenvalue weighted by Crippen LogP contribution is 2.24. The molecule has 1 aromatic rings. The minimum Gasteiger partial charge on any atom is -0.497 e. The van der Waals surface area contributed by atoms with Gasteiger partial charge in [-0.25, -0.2) is 0 Å². The van der Waals surface area contributed by atoms with E-state index < -0.39 is 0 Å². The second kappa shape index (κ2) is 8.17. The molecule has 1 fully saturated rings. The lowest BCUT2D eigenvalue weighted by atomic mass is 10.1. The summed E-state index contributed by atoms with van der Waals surface area (Å²) in [4.78, 5) is 16.9. The maximum Gasteiger partial charge on any atom is 0.254 e. The molecule has 0 radical (unpaired) electrons. The van der Waals surface area contributed by atoms with Crippen LogP contribution in [0.1, 0.15) is 17.3 Å². The van der Waals surface area contributed by atoms with Crippen molar-refractivity contribution in [3.63, 3.8) is 0 Å². The lowest BCUT2D eigenvalue weighted by Gasteiger charge is -2.37. The highest BCUT2D eigenvalue weighted by atomic mass is 16.5. The minimum absolute atomic E-state index is 0.0150. The SMILES string of the molecule is COC[C@H](C)N1CCN(C(=O)c2cc(OC)cc(OC)c2)CC1. The van der Waals surface area contributed by atoms with Gasteiger partial charge in [-0.3, -0.25) is 9.69 Å². The molecule has 1 aliphatic rings. The molecule has 6 heteroatoms. The van der Waals surface area contributed by atoms with Gasteiger partial charge in [0.25, 0.3) is 5.91 Å². The molecule has 0 spiro atoms. The minimum atomic E-state index is 0.0150. The first-order chi connectivity index (χ1) is 11.1. The van der Waals surface area contributed by atoms with Crippen molar-refractivity contribution in [3.05, 3.63) is 23.8 Å². The molecule has 1 heterocycles. The summed E-state index contributed by atoms with van der Waals surface area (Å²) >= 11 is 0. The van der Waals surface area contributed by atoms with E-state index >= 15 is 0 Å². The number of benzene rings is 1. The fourth-order valence-corrected chi connectivity index (χ4v) is 2.83. The molecule has 1 saturated heterocycles. The van der Waals surface area contributed by atoms with Gasteiger partial charge in [0, 0.05) is 51.0 Å². The highest BCUT2D eigenvalue weighted by molar-refractivity contribution is 5.95. The van der Waals surface area contributed by atoms with Crippen LogP contribution < -0.4 is 9.47 Å². The third-order valence-corrected chi connectivity index (χ3v) is 4.23. The first kappa shape index (κ1) is 17.6. The van der Waals surface area contributed by atoms with E-state index in [2.05, 4.69) is 11.8 Å². The summed E-state index contributed by atoms with van der Waals surface area (Å²) in [5, 5.41) is 0. The summed E-state index contributed by atoms with van der Waals surface area (Å²) in [5.74, 6) is 1.27. The summed E-state index contributed by atoms with van der Waals surface area (Å²) in [5.41, 5.74) is 0.597. The number of rotatable bonds is 6. The number of amides is 1. The van der Waals surface area contributed by atoms with E-state index in [1.165, 1.54) is 0 Å². The summed E-state index contributed by atoms with van der Waals surface area (Å²) in [6.07, 6.45) is 0. The van der Waals surface area contributed by atoms with E-state index in [0.717, 1.165) is 13.1 Å². The number of ether oxygens (including phenoxy) is 3. The Hall–Kier alpha value is -1.79. The van der Waals surface area contributed by atoms with Crippen LogP contribution in [-0.4, -0.2) is 75.9 Å². The Morgan fingerprint density at radius 3 is 2.09 bits per heavy atom. The molecule has 0 bridgehead atoms. The standard InChI is InChI=1S/C17H26N2O4/c1-13(12-21-2)18-5-7-19(8-6-18)17(20)14-9-15(22-3)11-16(10-14)23-4/h9-11,13H,5-8,12H2,1-4H3/t13-/m0/s1. The van der Waals surface area contributed by atoms with Gasteiger partial charge in [0.05, 0.1) is 20.8 Å². The molecule has 1 aromatic carbocycles. The molecule has 0 N–H and O–H groups in total. The predicted octanol–water partition coefficient (Wildman–Crippen LogP) is 1.50. The van der Waals surface area contributed by atoms with Crippen molar-refractivity contribution < 1.29 is 19.0 Å². The Balaban J connectivity index is 2.02. The summed E-state index contributed by atoms with van der Waals surface area (Å²) in [7, 11) is 4.88. The highest BCUT2D eigenvalue weighted by Gasteiger charge is 2.25. The third kappa shape index (κ3) is 4.36. The average Bonchev–Trinajstić information content (AvgIpc) is 2.60. The van der Waals surface area contributed by atoms with Crippen LogP contribution in [0, 0.1) is 0 Å². The lowest BCUT2D eigenvalue weighted by molar-refractivity contribution is 0.0448. The van der Waals surface area contributed by atoms with E-state index in [9.17, 15) is 4.79 Å². The molecule has 0 aromatic heterocycles. The van der Waals surface area contributed by atoms with Crippen molar-refractivity contribution in [1.29, 1.82) is 0 Å². The maximum atomic E-state index is 12.7. The Bertz CT molecular complexity index is 505. The van der Waals surface area contributed by atoms with Crippen LogP contribution >= 0.6 is 0 Å². The van der Waals surface area contributed by atoms with Gasteiger partial charge in [-0.05, 0) is 19.1 Å². The average molecular weight is 322 g/mol. The van der Waals surface area contributed by atoms with Crippen molar-refractivity contribution in [3.8, 4) is 11.5 Å². The number of methoxy groups -OCH3 is 3. The predicted molar refractivity (Wildman–Crippen MR) is 88.4 cm³/mol. The Morgan fingerprint density at radius 1 is 1.04 bits per heavy atom. The van der Waals surface area contributed by atoms with Crippen molar-refractivity contribution in [1.82, 2.24) is 9.80 Å². The van der Waals surface area contributed by atoms with Crippen molar-refractivity contribution in [2.24, 2.45) is 0 Å². The fourth-order valence-electron chi connectivity index (χ4n) is 2.83. The number of piperazine rings is 1. The lowest BCUT2D eigenvalue weighted by Crippen LogP contribution is -2.52. The zero-order valence-electron chi connectivity index (χ0n) is 14.4. The molecule has 0 aliphatic carbocycles. The number of carbonyl (C=O) groups is 1. The first-order valence-corrected chi connectivity index (χ1v) is 7.84. The van der Waals surface area contributed by atoms with Crippen LogP contribution in [0.3, 0.4) is 0 Å². The monoisotopic (exact) mass is 322 g/mol. The van der Waals surface area contributed by atoms with E-state index in [-0.39, 0.29) is 5.91 Å². The van der Waals surface area contributed by atoms with Crippen molar-refractivity contribution in [2.45, 2.75) is 13.0 Å². The smallest absolute Gasteiger partial charge is 0.254 e. The molecular formula is C17H26N2O4. The van der Waals surface area contributed by atoms with E-state index in [4.69, 9.17) is 14.2 Å². The molecule has 0 unspecified atom stereocenters. The number of hydrogen-bond acceptors (Lipinski definition) is 5. The molecule has 1 aliphatic heterocycles. The van der Waals surface area contributed by atoms with Crippen molar-refractivity contribution in [2.75, 3.05) is 54.1 Å². The van der Waals surface area contributed by atoms with Gasteiger partial charge < -0.3 is 19.1 Å². The maximum absolute atomic E-state index is 12.7. The number of carbonyl (C=O) groups excluding carboxylic acids is 1.